The highest BCUT2D eigenvalue weighted by Crippen LogP contribution is 2.14. The van der Waals surface area contributed by atoms with E-state index in [9.17, 15) is 13.5 Å². The highest BCUT2D eigenvalue weighted by Gasteiger charge is 2.16. The average molecular weight is 300 g/mol. The molecule has 0 aliphatic carbocycles. The van der Waals surface area contributed by atoms with Crippen LogP contribution in [0.5, 0.6) is 0 Å². The molecule has 0 saturated heterocycles. The van der Waals surface area contributed by atoms with Crippen LogP contribution in [0.25, 0.3) is 0 Å². The van der Waals surface area contributed by atoms with Gasteiger partial charge < -0.3 is 10.0 Å². The van der Waals surface area contributed by atoms with Gasteiger partial charge in [-0.15, -0.1) is 0 Å². The van der Waals surface area contributed by atoms with Gasteiger partial charge in [0.25, 0.3) is 0 Å². The number of benzene rings is 1. The number of sulfonamides is 1. The number of hydrogen-bond donors (Lipinski definition) is 2. The summed E-state index contributed by atoms with van der Waals surface area (Å²) in [5.74, 6) is 0. The zero-order valence-corrected chi connectivity index (χ0v) is 13.0. The van der Waals surface area contributed by atoms with E-state index in [-0.39, 0.29) is 11.5 Å². The number of aliphatic hydroxyl groups is 1. The summed E-state index contributed by atoms with van der Waals surface area (Å²) in [4.78, 5) is 2.40. The van der Waals surface area contributed by atoms with Gasteiger partial charge in [0.2, 0.25) is 10.0 Å². The molecule has 0 aliphatic heterocycles. The Morgan fingerprint density at radius 3 is 2.45 bits per heavy atom. The van der Waals surface area contributed by atoms with E-state index in [2.05, 4.69) is 23.5 Å². The fraction of sp³-hybridized carbons (Fsp3) is 0.571. The number of nitrogens with one attached hydrogen (secondary N) is 1. The quantitative estimate of drug-likeness (QED) is 0.672. The van der Waals surface area contributed by atoms with Crippen molar-refractivity contribution in [3.63, 3.8) is 0 Å². The van der Waals surface area contributed by atoms with Gasteiger partial charge in [-0.3, -0.25) is 0 Å². The van der Waals surface area contributed by atoms with Crippen LogP contribution in [0.1, 0.15) is 25.8 Å². The van der Waals surface area contributed by atoms with Crippen LogP contribution in [0.4, 0.5) is 0 Å². The maximum Gasteiger partial charge on any atom is 0.240 e. The highest BCUT2D eigenvalue weighted by molar-refractivity contribution is 7.89. The lowest BCUT2D eigenvalue weighted by Gasteiger charge is -2.17. The lowest BCUT2D eigenvalue weighted by molar-refractivity contribution is 0.278. The monoisotopic (exact) mass is 300 g/mol. The molecule has 1 aromatic carbocycles. The van der Waals surface area contributed by atoms with Crippen LogP contribution in [-0.2, 0) is 16.6 Å². The van der Waals surface area contributed by atoms with Crippen molar-refractivity contribution < 1.29 is 13.5 Å². The molecule has 1 rings (SSSR count). The van der Waals surface area contributed by atoms with Crippen LogP contribution in [0.2, 0.25) is 0 Å². The van der Waals surface area contributed by atoms with E-state index < -0.39 is 10.0 Å². The maximum absolute atomic E-state index is 12.2. The predicted octanol–water partition coefficient (Wildman–Crippen LogP) is 1.19. The zero-order chi connectivity index (χ0) is 15.0. The van der Waals surface area contributed by atoms with Gasteiger partial charge in [0.15, 0.2) is 0 Å². The Hall–Kier alpha value is -0.950. The van der Waals surface area contributed by atoms with E-state index in [1.54, 1.807) is 18.2 Å². The number of rotatable bonds is 9. The van der Waals surface area contributed by atoms with Crippen molar-refractivity contribution in [1.29, 1.82) is 0 Å². The standard InChI is InChI=1S/C14H24N2O3S/c1-3-16(4-2)11-7-10-15-20(18,19)14-9-6-5-8-13(14)12-17/h5-6,8-9,15,17H,3-4,7,10-12H2,1-2H3. The topological polar surface area (TPSA) is 69.6 Å². The van der Waals surface area contributed by atoms with Crippen LogP contribution >= 0.6 is 0 Å². The first-order valence-corrected chi connectivity index (χ1v) is 8.44. The molecule has 114 valence electrons. The third kappa shape index (κ3) is 4.86. The van der Waals surface area contributed by atoms with Crippen LogP contribution in [0.15, 0.2) is 29.2 Å². The maximum atomic E-state index is 12.2. The average Bonchev–Trinajstić information content (AvgIpc) is 2.47. The molecule has 0 bridgehead atoms. The van der Waals surface area contributed by atoms with Gasteiger partial charge in [0.05, 0.1) is 11.5 Å². The third-order valence-corrected chi connectivity index (χ3v) is 4.83. The fourth-order valence-electron chi connectivity index (χ4n) is 2.02. The third-order valence-electron chi connectivity index (χ3n) is 3.27. The first-order chi connectivity index (χ1) is 9.55. The molecule has 2 N–H and O–H groups in total. The van der Waals surface area contributed by atoms with Gasteiger partial charge in [-0.1, -0.05) is 32.0 Å². The molecule has 1 aromatic rings. The Kier molecular flexibility index (Phi) is 7.15. The van der Waals surface area contributed by atoms with Crippen molar-refractivity contribution in [3.05, 3.63) is 29.8 Å². The normalized spacial score (nSPS) is 12.0. The summed E-state index contributed by atoms with van der Waals surface area (Å²) >= 11 is 0. The van der Waals surface area contributed by atoms with Crippen molar-refractivity contribution in [2.75, 3.05) is 26.2 Å². The van der Waals surface area contributed by atoms with Gasteiger partial charge in [0, 0.05) is 6.54 Å². The molecular formula is C14H24N2O3S. The second-order valence-electron chi connectivity index (χ2n) is 4.54. The summed E-state index contributed by atoms with van der Waals surface area (Å²) in [5, 5.41) is 9.19. The minimum Gasteiger partial charge on any atom is -0.392 e. The van der Waals surface area contributed by atoms with E-state index in [1.165, 1.54) is 6.07 Å². The van der Waals surface area contributed by atoms with E-state index in [0.29, 0.717) is 12.1 Å². The van der Waals surface area contributed by atoms with Gasteiger partial charge in [-0.05, 0) is 37.7 Å². The molecule has 0 aliphatic rings. The molecule has 0 aromatic heterocycles. The molecule has 20 heavy (non-hydrogen) atoms. The van der Waals surface area contributed by atoms with E-state index in [0.717, 1.165) is 26.1 Å². The molecule has 0 unspecified atom stereocenters. The molecule has 0 radical (unpaired) electrons. The lowest BCUT2D eigenvalue weighted by Crippen LogP contribution is -2.30. The number of hydrogen-bond acceptors (Lipinski definition) is 4. The Balaban J connectivity index is 2.58. The molecule has 0 spiro atoms. The van der Waals surface area contributed by atoms with Gasteiger partial charge in [-0.25, -0.2) is 13.1 Å². The largest absolute Gasteiger partial charge is 0.392 e. The van der Waals surface area contributed by atoms with Gasteiger partial charge in [-0.2, -0.15) is 0 Å². The Labute approximate surface area is 121 Å². The SMILES string of the molecule is CCN(CC)CCCNS(=O)(=O)c1ccccc1CO. The smallest absolute Gasteiger partial charge is 0.240 e. The molecule has 0 saturated carbocycles. The second-order valence-corrected chi connectivity index (χ2v) is 6.28. The van der Waals surface area contributed by atoms with Crippen molar-refractivity contribution in [2.45, 2.75) is 31.8 Å². The number of aliphatic hydroxyl groups excluding tert-OH is 1. The molecule has 0 heterocycles. The Morgan fingerprint density at radius 2 is 1.85 bits per heavy atom. The summed E-state index contributed by atoms with van der Waals surface area (Å²) in [6.07, 6.45) is 0.766. The molecule has 6 heteroatoms. The van der Waals surface area contributed by atoms with Crippen LogP contribution in [0, 0.1) is 0 Å². The van der Waals surface area contributed by atoms with E-state index in [4.69, 9.17) is 0 Å². The van der Waals surface area contributed by atoms with Crippen LogP contribution in [-0.4, -0.2) is 44.6 Å². The first-order valence-electron chi connectivity index (χ1n) is 6.96. The molecular weight excluding hydrogens is 276 g/mol. The molecule has 0 amide bonds. The summed E-state index contributed by atoms with van der Waals surface area (Å²) in [5.41, 5.74) is 0.420. The fourth-order valence-corrected chi connectivity index (χ4v) is 3.33. The molecule has 0 atom stereocenters. The lowest BCUT2D eigenvalue weighted by atomic mass is 10.2. The van der Waals surface area contributed by atoms with Crippen molar-refractivity contribution in [2.24, 2.45) is 0 Å². The summed E-state index contributed by atoms with van der Waals surface area (Å²) in [6, 6.07) is 6.50. The summed E-state index contributed by atoms with van der Waals surface area (Å²) < 4.78 is 26.9. The van der Waals surface area contributed by atoms with Crippen molar-refractivity contribution >= 4 is 10.0 Å². The van der Waals surface area contributed by atoms with Crippen molar-refractivity contribution in [3.8, 4) is 0 Å². The van der Waals surface area contributed by atoms with Gasteiger partial charge >= 0.3 is 0 Å². The molecule has 0 fully saturated rings. The van der Waals surface area contributed by atoms with E-state index >= 15 is 0 Å². The molecule has 5 nitrogen and oxygen atoms in total. The highest BCUT2D eigenvalue weighted by atomic mass is 32.2. The first kappa shape index (κ1) is 17.1. The van der Waals surface area contributed by atoms with Crippen LogP contribution < -0.4 is 4.72 Å². The zero-order valence-electron chi connectivity index (χ0n) is 12.2. The van der Waals surface area contributed by atoms with Crippen molar-refractivity contribution in [1.82, 2.24) is 9.62 Å². The van der Waals surface area contributed by atoms with Gasteiger partial charge in [0.1, 0.15) is 0 Å². The van der Waals surface area contributed by atoms with E-state index in [1.807, 2.05) is 0 Å². The van der Waals surface area contributed by atoms with Crippen LogP contribution in [0.3, 0.4) is 0 Å². The second kappa shape index (κ2) is 8.36. The Bertz CT molecular complexity index is 499. The minimum atomic E-state index is -3.54. The number of nitrogens with zero attached hydrogens (tertiary/aromatic N) is 1. The summed E-state index contributed by atoms with van der Waals surface area (Å²) in [7, 11) is -3.54. The Morgan fingerprint density at radius 1 is 1.20 bits per heavy atom. The predicted molar refractivity (Wildman–Crippen MR) is 80.0 cm³/mol. The minimum absolute atomic E-state index is 0.158. The summed E-state index contributed by atoms with van der Waals surface area (Å²) in [6.45, 7) is 7.11.